The van der Waals surface area contributed by atoms with Crippen LogP contribution >= 0.6 is 0 Å². The number of benzene rings is 1. The molecule has 0 heterocycles. The molecule has 94 valence electrons. The zero-order valence-corrected chi connectivity index (χ0v) is 10.7. The lowest BCUT2D eigenvalue weighted by atomic mass is 10.1. The third-order valence-corrected chi connectivity index (χ3v) is 2.54. The van der Waals surface area contributed by atoms with E-state index in [1.807, 2.05) is 26.0 Å². The van der Waals surface area contributed by atoms with Crippen LogP contribution in [0.4, 0.5) is 5.69 Å². The normalized spacial score (nSPS) is 10.1. The first kappa shape index (κ1) is 13.5. The number of nitrogens with one attached hydrogen (secondary N) is 1. The second kappa shape index (κ2) is 6.25. The second-order valence-corrected chi connectivity index (χ2v) is 4.10. The Morgan fingerprint density at radius 3 is 2.71 bits per heavy atom. The molecule has 0 radical (unpaired) electrons. The maximum absolute atomic E-state index is 11.7. The van der Waals surface area contributed by atoms with Gasteiger partial charge in [0.25, 0.3) is 0 Å². The van der Waals surface area contributed by atoms with E-state index in [1.54, 1.807) is 7.11 Å². The molecule has 3 N–H and O–H groups in total. The molecule has 0 aliphatic rings. The van der Waals surface area contributed by atoms with E-state index in [2.05, 4.69) is 5.32 Å². The molecule has 0 unspecified atom stereocenters. The van der Waals surface area contributed by atoms with E-state index in [0.29, 0.717) is 25.1 Å². The summed E-state index contributed by atoms with van der Waals surface area (Å²) in [5, 5.41) is 2.87. The number of rotatable bonds is 5. The Balaban J connectivity index is 2.86. The SMILES string of the molecule is COc1cc(C)cc(C)c1NC(=O)CCCN. The summed E-state index contributed by atoms with van der Waals surface area (Å²) < 4.78 is 5.27. The molecule has 4 nitrogen and oxygen atoms in total. The van der Waals surface area contributed by atoms with Crippen molar-refractivity contribution in [1.29, 1.82) is 0 Å². The Kier molecular flexibility index (Phi) is 4.97. The first-order valence-corrected chi connectivity index (χ1v) is 5.73. The molecule has 0 fully saturated rings. The molecule has 0 bridgehead atoms. The summed E-state index contributed by atoms with van der Waals surface area (Å²) in [4.78, 5) is 11.7. The fourth-order valence-corrected chi connectivity index (χ4v) is 1.71. The Morgan fingerprint density at radius 1 is 1.41 bits per heavy atom. The standard InChI is InChI=1S/C13H20N2O2/c1-9-7-10(2)13(11(8-9)17-3)15-12(16)5-4-6-14/h7-8H,4-6,14H2,1-3H3,(H,15,16). The van der Waals surface area contributed by atoms with Crippen molar-refractivity contribution in [3.63, 3.8) is 0 Å². The number of amides is 1. The number of carbonyl (C=O) groups is 1. The maximum Gasteiger partial charge on any atom is 0.224 e. The van der Waals surface area contributed by atoms with Crippen molar-refractivity contribution in [3.05, 3.63) is 23.3 Å². The van der Waals surface area contributed by atoms with Gasteiger partial charge in [-0.2, -0.15) is 0 Å². The zero-order chi connectivity index (χ0) is 12.8. The van der Waals surface area contributed by atoms with Crippen molar-refractivity contribution in [3.8, 4) is 5.75 Å². The highest BCUT2D eigenvalue weighted by molar-refractivity contribution is 5.93. The largest absolute Gasteiger partial charge is 0.495 e. The van der Waals surface area contributed by atoms with E-state index in [-0.39, 0.29) is 5.91 Å². The molecular formula is C13H20N2O2. The third kappa shape index (κ3) is 3.75. The molecule has 0 aliphatic carbocycles. The van der Waals surface area contributed by atoms with Crippen molar-refractivity contribution < 1.29 is 9.53 Å². The Morgan fingerprint density at radius 2 is 2.12 bits per heavy atom. The Labute approximate surface area is 102 Å². The summed E-state index contributed by atoms with van der Waals surface area (Å²) in [6.45, 7) is 4.47. The highest BCUT2D eigenvalue weighted by atomic mass is 16.5. The van der Waals surface area contributed by atoms with Gasteiger partial charge in [-0.15, -0.1) is 0 Å². The molecule has 1 aromatic carbocycles. The number of methoxy groups -OCH3 is 1. The van der Waals surface area contributed by atoms with Crippen LogP contribution in [0.3, 0.4) is 0 Å². The summed E-state index contributed by atoms with van der Waals surface area (Å²) in [5.74, 6) is 0.671. The maximum atomic E-state index is 11.7. The predicted octanol–water partition coefficient (Wildman–Crippen LogP) is 1.99. The number of carbonyl (C=O) groups excluding carboxylic acids is 1. The molecule has 0 atom stereocenters. The van der Waals surface area contributed by atoms with Crippen molar-refractivity contribution in [2.45, 2.75) is 26.7 Å². The van der Waals surface area contributed by atoms with Crippen LogP contribution in [-0.4, -0.2) is 19.6 Å². The lowest BCUT2D eigenvalue weighted by molar-refractivity contribution is -0.116. The number of ether oxygens (including phenoxy) is 1. The lowest BCUT2D eigenvalue weighted by Crippen LogP contribution is -2.15. The van der Waals surface area contributed by atoms with Gasteiger partial charge < -0.3 is 15.8 Å². The van der Waals surface area contributed by atoms with Gasteiger partial charge in [0.05, 0.1) is 12.8 Å². The van der Waals surface area contributed by atoms with E-state index >= 15 is 0 Å². The highest BCUT2D eigenvalue weighted by Gasteiger charge is 2.10. The minimum Gasteiger partial charge on any atom is -0.495 e. The van der Waals surface area contributed by atoms with Crippen molar-refractivity contribution >= 4 is 11.6 Å². The molecule has 0 aromatic heterocycles. The summed E-state index contributed by atoms with van der Waals surface area (Å²) in [5.41, 5.74) is 8.23. The number of hydrogen-bond acceptors (Lipinski definition) is 3. The number of hydrogen-bond donors (Lipinski definition) is 2. The molecule has 1 aromatic rings. The monoisotopic (exact) mass is 236 g/mol. The second-order valence-electron chi connectivity index (χ2n) is 4.10. The van der Waals surface area contributed by atoms with E-state index in [9.17, 15) is 4.79 Å². The quantitative estimate of drug-likeness (QED) is 0.821. The van der Waals surface area contributed by atoms with Crippen LogP contribution < -0.4 is 15.8 Å². The third-order valence-electron chi connectivity index (χ3n) is 2.54. The van der Waals surface area contributed by atoms with E-state index in [0.717, 1.165) is 16.8 Å². The first-order valence-electron chi connectivity index (χ1n) is 5.73. The minimum absolute atomic E-state index is 0.0271. The van der Waals surface area contributed by atoms with Crippen LogP contribution in [0.5, 0.6) is 5.75 Å². The Bertz CT molecular complexity index is 403. The first-order chi connectivity index (χ1) is 8.08. The van der Waals surface area contributed by atoms with Gasteiger partial charge in [0.15, 0.2) is 0 Å². The molecule has 4 heteroatoms. The smallest absolute Gasteiger partial charge is 0.224 e. The molecule has 0 aliphatic heterocycles. The van der Waals surface area contributed by atoms with Crippen LogP contribution in [0.1, 0.15) is 24.0 Å². The fourth-order valence-electron chi connectivity index (χ4n) is 1.71. The number of nitrogens with two attached hydrogens (primary N) is 1. The summed E-state index contributed by atoms with van der Waals surface area (Å²) >= 11 is 0. The molecule has 17 heavy (non-hydrogen) atoms. The van der Waals surface area contributed by atoms with Gasteiger partial charge in [-0.25, -0.2) is 0 Å². The van der Waals surface area contributed by atoms with Gasteiger partial charge in [0.1, 0.15) is 5.75 Å². The van der Waals surface area contributed by atoms with E-state index < -0.39 is 0 Å². The van der Waals surface area contributed by atoms with Crippen LogP contribution in [0, 0.1) is 13.8 Å². The van der Waals surface area contributed by atoms with Crippen molar-refractivity contribution in [2.24, 2.45) is 5.73 Å². The molecule has 0 saturated heterocycles. The number of anilines is 1. The molecule has 1 amide bonds. The average molecular weight is 236 g/mol. The van der Waals surface area contributed by atoms with Crippen LogP contribution in [-0.2, 0) is 4.79 Å². The van der Waals surface area contributed by atoms with E-state index in [1.165, 1.54) is 0 Å². The fraction of sp³-hybridized carbons (Fsp3) is 0.462. The summed E-state index contributed by atoms with van der Waals surface area (Å²) in [6, 6.07) is 3.92. The average Bonchev–Trinajstić information content (AvgIpc) is 2.29. The van der Waals surface area contributed by atoms with Gasteiger partial charge in [0, 0.05) is 6.42 Å². The van der Waals surface area contributed by atoms with Crippen LogP contribution in [0.15, 0.2) is 12.1 Å². The van der Waals surface area contributed by atoms with Crippen LogP contribution in [0.2, 0.25) is 0 Å². The highest BCUT2D eigenvalue weighted by Crippen LogP contribution is 2.29. The topological polar surface area (TPSA) is 64.3 Å². The molecule has 1 rings (SSSR count). The van der Waals surface area contributed by atoms with Gasteiger partial charge in [-0.05, 0) is 44.0 Å². The van der Waals surface area contributed by atoms with Gasteiger partial charge in [-0.1, -0.05) is 6.07 Å². The Hall–Kier alpha value is -1.55. The van der Waals surface area contributed by atoms with Crippen molar-refractivity contribution in [2.75, 3.05) is 19.0 Å². The van der Waals surface area contributed by atoms with Gasteiger partial charge in [0.2, 0.25) is 5.91 Å². The minimum atomic E-state index is -0.0271. The van der Waals surface area contributed by atoms with Gasteiger partial charge >= 0.3 is 0 Å². The van der Waals surface area contributed by atoms with Crippen LogP contribution in [0.25, 0.3) is 0 Å². The molecule has 0 saturated carbocycles. The van der Waals surface area contributed by atoms with Gasteiger partial charge in [-0.3, -0.25) is 4.79 Å². The molecule has 0 spiro atoms. The molecular weight excluding hydrogens is 216 g/mol. The summed E-state index contributed by atoms with van der Waals surface area (Å²) in [6.07, 6.45) is 1.13. The lowest BCUT2D eigenvalue weighted by Gasteiger charge is -2.14. The zero-order valence-electron chi connectivity index (χ0n) is 10.7. The van der Waals surface area contributed by atoms with E-state index in [4.69, 9.17) is 10.5 Å². The number of aryl methyl sites for hydroxylation is 2. The van der Waals surface area contributed by atoms with Crippen molar-refractivity contribution in [1.82, 2.24) is 0 Å². The summed E-state index contributed by atoms with van der Waals surface area (Å²) in [7, 11) is 1.60. The predicted molar refractivity (Wildman–Crippen MR) is 69.4 cm³/mol.